The molecule has 1 heterocycles. The van der Waals surface area contributed by atoms with E-state index in [2.05, 4.69) is 4.90 Å². The van der Waals surface area contributed by atoms with Crippen LogP contribution in [0.2, 0.25) is 0 Å². The van der Waals surface area contributed by atoms with E-state index >= 15 is 0 Å². The van der Waals surface area contributed by atoms with E-state index in [0.29, 0.717) is 19.4 Å². The molecule has 5 heteroatoms. The summed E-state index contributed by atoms with van der Waals surface area (Å²) < 4.78 is 32.9. The van der Waals surface area contributed by atoms with E-state index in [0.717, 1.165) is 26.0 Å². The maximum atomic E-state index is 13.5. The molecule has 0 aromatic rings. The van der Waals surface area contributed by atoms with Crippen LogP contribution < -0.4 is 0 Å². The molecule has 1 saturated heterocycles. The third-order valence-corrected chi connectivity index (χ3v) is 5.66. The second-order valence-electron chi connectivity index (χ2n) is 7.78. The fourth-order valence-electron chi connectivity index (χ4n) is 3.78. The van der Waals surface area contributed by atoms with Gasteiger partial charge in [0.2, 0.25) is 0 Å². The van der Waals surface area contributed by atoms with Crippen molar-refractivity contribution in [2.45, 2.75) is 64.0 Å². The minimum atomic E-state index is -2.50. The van der Waals surface area contributed by atoms with E-state index in [4.69, 9.17) is 4.74 Å². The lowest BCUT2D eigenvalue weighted by molar-refractivity contribution is -0.0246. The van der Waals surface area contributed by atoms with Crippen LogP contribution in [-0.4, -0.2) is 54.4 Å². The van der Waals surface area contributed by atoms with Gasteiger partial charge in [0.1, 0.15) is 0 Å². The van der Waals surface area contributed by atoms with Crippen LogP contribution in [0.3, 0.4) is 0 Å². The number of ether oxygens (including phenoxy) is 1. The highest BCUT2D eigenvalue weighted by molar-refractivity contribution is 5.14. The number of rotatable bonds is 6. The number of alkyl halides is 2. The first kappa shape index (κ1) is 15.6. The Hall–Kier alpha value is -0.260. The number of hydrogen-bond donors (Lipinski definition) is 1. The molecule has 0 aromatic heterocycles. The van der Waals surface area contributed by atoms with E-state index in [9.17, 15) is 13.9 Å². The lowest BCUT2D eigenvalue weighted by Crippen LogP contribution is -2.49. The normalized spacial score (nSPS) is 37.1. The average Bonchev–Trinajstić information content (AvgIpc) is 3.28. The van der Waals surface area contributed by atoms with Crippen LogP contribution in [0.25, 0.3) is 0 Å². The summed E-state index contributed by atoms with van der Waals surface area (Å²) in [6.45, 7) is 6.37. The molecule has 3 aliphatic rings. The van der Waals surface area contributed by atoms with Gasteiger partial charge in [0.15, 0.2) is 0 Å². The summed E-state index contributed by atoms with van der Waals surface area (Å²) in [5, 5.41) is 9.61. The van der Waals surface area contributed by atoms with Crippen molar-refractivity contribution in [3.8, 4) is 0 Å². The van der Waals surface area contributed by atoms with Crippen molar-refractivity contribution in [1.29, 1.82) is 0 Å². The van der Waals surface area contributed by atoms with Gasteiger partial charge < -0.3 is 9.84 Å². The van der Waals surface area contributed by atoms with E-state index in [1.807, 2.05) is 13.8 Å². The van der Waals surface area contributed by atoms with E-state index in [1.54, 1.807) is 0 Å². The van der Waals surface area contributed by atoms with Crippen LogP contribution in [0.15, 0.2) is 0 Å². The molecule has 1 aliphatic heterocycles. The fourth-order valence-corrected chi connectivity index (χ4v) is 3.78. The van der Waals surface area contributed by atoms with Crippen molar-refractivity contribution in [3.05, 3.63) is 0 Å². The molecule has 0 aromatic carbocycles. The van der Waals surface area contributed by atoms with Gasteiger partial charge in [0.05, 0.1) is 19.3 Å². The Morgan fingerprint density at radius 1 is 1.29 bits per heavy atom. The summed E-state index contributed by atoms with van der Waals surface area (Å²) in [7, 11) is 0. The van der Waals surface area contributed by atoms with Crippen molar-refractivity contribution in [1.82, 2.24) is 4.90 Å². The van der Waals surface area contributed by atoms with Crippen molar-refractivity contribution < 1.29 is 18.6 Å². The zero-order valence-corrected chi connectivity index (χ0v) is 13.1. The van der Waals surface area contributed by atoms with E-state index in [1.165, 1.54) is 0 Å². The lowest BCUT2D eigenvalue weighted by Gasteiger charge is -2.41. The predicted octanol–water partition coefficient (Wildman–Crippen LogP) is 2.67. The maximum Gasteiger partial charge on any atom is 0.254 e. The molecule has 0 bridgehead atoms. The van der Waals surface area contributed by atoms with Gasteiger partial charge >= 0.3 is 0 Å². The lowest BCUT2D eigenvalue weighted by atomic mass is 9.86. The van der Waals surface area contributed by atoms with Gasteiger partial charge in [-0.2, -0.15) is 0 Å². The molecule has 0 radical (unpaired) electrons. The van der Waals surface area contributed by atoms with Gasteiger partial charge in [0.25, 0.3) is 5.92 Å². The van der Waals surface area contributed by atoms with Gasteiger partial charge in [-0.25, -0.2) is 8.78 Å². The molecule has 1 spiro atoms. The molecule has 0 amide bonds. The van der Waals surface area contributed by atoms with Gasteiger partial charge in [-0.05, 0) is 46.1 Å². The van der Waals surface area contributed by atoms with Gasteiger partial charge in [0, 0.05) is 29.8 Å². The molecule has 3 fully saturated rings. The van der Waals surface area contributed by atoms with Crippen LogP contribution in [0, 0.1) is 10.8 Å². The molecule has 2 aliphatic carbocycles. The molecule has 3 nitrogen and oxygen atoms in total. The molecule has 1 unspecified atom stereocenters. The van der Waals surface area contributed by atoms with Crippen molar-refractivity contribution in [3.63, 3.8) is 0 Å². The number of piperidine rings is 1. The van der Waals surface area contributed by atoms with Crippen molar-refractivity contribution >= 4 is 0 Å². The van der Waals surface area contributed by atoms with E-state index in [-0.39, 0.29) is 30.6 Å². The molecular formula is C16H27F2NO2. The Balaban J connectivity index is 1.57. The number of likely N-dealkylation sites (tertiary alicyclic amines) is 1. The standard InChI is InChI=1S/C16H27F2NO2/c1-12(2)21-11-14(3-4-14)10-19-6-5-15(7-13(19)8-20)9-16(15,17)18/h12-13,20H,3-11H2,1-2H3/t13-,15?/m0/s1. The Bertz CT molecular complexity index is 398. The maximum absolute atomic E-state index is 13.5. The average molecular weight is 303 g/mol. The van der Waals surface area contributed by atoms with E-state index < -0.39 is 11.3 Å². The summed E-state index contributed by atoms with van der Waals surface area (Å²) in [4.78, 5) is 2.23. The minimum Gasteiger partial charge on any atom is -0.395 e. The first-order valence-corrected chi connectivity index (χ1v) is 8.16. The monoisotopic (exact) mass is 303 g/mol. The Labute approximate surface area is 125 Å². The molecule has 2 saturated carbocycles. The summed E-state index contributed by atoms with van der Waals surface area (Å²) in [5.74, 6) is -2.50. The zero-order valence-electron chi connectivity index (χ0n) is 13.1. The highest BCUT2D eigenvalue weighted by atomic mass is 19.3. The van der Waals surface area contributed by atoms with Crippen molar-refractivity contribution in [2.24, 2.45) is 10.8 Å². The van der Waals surface area contributed by atoms with Crippen LogP contribution in [0.1, 0.15) is 46.0 Å². The topological polar surface area (TPSA) is 32.7 Å². The highest BCUT2D eigenvalue weighted by Gasteiger charge is 2.71. The van der Waals surface area contributed by atoms with Crippen LogP contribution >= 0.6 is 0 Å². The third-order valence-electron chi connectivity index (χ3n) is 5.66. The Kier molecular flexibility index (Phi) is 3.82. The van der Waals surface area contributed by atoms with Crippen LogP contribution in [-0.2, 0) is 4.74 Å². The molecule has 122 valence electrons. The smallest absolute Gasteiger partial charge is 0.254 e. The van der Waals surface area contributed by atoms with Gasteiger partial charge in [-0.3, -0.25) is 4.90 Å². The molecule has 21 heavy (non-hydrogen) atoms. The number of halogens is 2. The molecule has 3 rings (SSSR count). The third kappa shape index (κ3) is 2.97. The number of aliphatic hydroxyl groups excluding tert-OH is 1. The first-order chi connectivity index (χ1) is 9.81. The number of nitrogens with zero attached hydrogens (tertiary/aromatic N) is 1. The largest absolute Gasteiger partial charge is 0.395 e. The molecule has 2 atom stereocenters. The predicted molar refractivity (Wildman–Crippen MR) is 76.4 cm³/mol. The minimum absolute atomic E-state index is 0.0149. The van der Waals surface area contributed by atoms with Crippen LogP contribution in [0.4, 0.5) is 8.78 Å². The number of hydrogen-bond acceptors (Lipinski definition) is 3. The quantitative estimate of drug-likeness (QED) is 0.819. The SMILES string of the molecule is CC(C)OCC1(CN2CCC3(C[C@H]2CO)CC3(F)F)CC1. The highest BCUT2D eigenvalue weighted by Crippen LogP contribution is 2.67. The summed E-state index contributed by atoms with van der Waals surface area (Å²) >= 11 is 0. The summed E-state index contributed by atoms with van der Waals surface area (Å²) in [5.41, 5.74) is -0.601. The number of aliphatic hydroxyl groups is 1. The van der Waals surface area contributed by atoms with Gasteiger partial charge in [-0.1, -0.05) is 0 Å². The van der Waals surface area contributed by atoms with Crippen LogP contribution in [0.5, 0.6) is 0 Å². The Morgan fingerprint density at radius 2 is 1.95 bits per heavy atom. The first-order valence-electron chi connectivity index (χ1n) is 8.16. The summed E-state index contributed by atoms with van der Waals surface area (Å²) in [6.07, 6.45) is 3.55. The fraction of sp³-hybridized carbons (Fsp3) is 1.00. The Morgan fingerprint density at radius 3 is 2.43 bits per heavy atom. The zero-order chi connectivity index (χ0) is 15.3. The second kappa shape index (κ2) is 5.14. The van der Waals surface area contributed by atoms with Gasteiger partial charge in [-0.15, -0.1) is 0 Å². The van der Waals surface area contributed by atoms with Crippen molar-refractivity contribution in [2.75, 3.05) is 26.3 Å². The molecule has 1 N–H and O–H groups in total. The summed E-state index contributed by atoms with van der Waals surface area (Å²) in [6, 6.07) is -0.108. The molecular weight excluding hydrogens is 276 g/mol. The second-order valence-corrected chi connectivity index (χ2v) is 7.78.